The van der Waals surface area contributed by atoms with Crippen LogP contribution >= 0.6 is 0 Å². The van der Waals surface area contributed by atoms with Crippen LogP contribution in [-0.4, -0.2) is 18.1 Å². The standard InChI is InChI=1S/C8H10O4S/c1-5-4-8(13(10,11)12)6(2)3-7(5)9/h3-4,9H,1-2H3,(H,10,11,12). The van der Waals surface area contributed by atoms with Crippen LogP contribution in [0.2, 0.25) is 0 Å². The van der Waals surface area contributed by atoms with Crippen molar-refractivity contribution in [3.63, 3.8) is 0 Å². The zero-order chi connectivity index (χ0) is 10.2. The first-order chi connectivity index (χ1) is 5.82. The Morgan fingerprint density at radius 3 is 2.15 bits per heavy atom. The molecule has 0 saturated heterocycles. The maximum absolute atomic E-state index is 10.8. The monoisotopic (exact) mass is 202 g/mol. The van der Waals surface area contributed by atoms with Gasteiger partial charge in [0.05, 0.1) is 4.90 Å². The molecule has 0 saturated carbocycles. The van der Waals surface area contributed by atoms with Gasteiger partial charge in [-0.25, -0.2) is 0 Å². The summed E-state index contributed by atoms with van der Waals surface area (Å²) in [5.41, 5.74) is 0.740. The van der Waals surface area contributed by atoms with Crippen LogP contribution in [0, 0.1) is 13.8 Å². The van der Waals surface area contributed by atoms with Gasteiger partial charge in [0.15, 0.2) is 0 Å². The van der Waals surface area contributed by atoms with Gasteiger partial charge in [0, 0.05) is 0 Å². The summed E-state index contributed by atoms with van der Waals surface area (Å²) >= 11 is 0. The van der Waals surface area contributed by atoms with Crippen LogP contribution in [0.4, 0.5) is 0 Å². The van der Waals surface area contributed by atoms with Crippen LogP contribution in [0.5, 0.6) is 5.75 Å². The number of phenols is 1. The molecule has 4 nitrogen and oxygen atoms in total. The smallest absolute Gasteiger partial charge is 0.294 e. The molecular weight excluding hydrogens is 192 g/mol. The van der Waals surface area contributed by atoms with Crippen LogP contribution in [0.25, 0.3) is 0 Å². The second-order valence-electron chi connectivity index (χ2n) is 2.88. The van der Waals surface area contributed by atoms with E-state index < -0.39 is 10.1 Å². The molecule has 0 spiro atoms. The molecule has 1 rings (SSSR count). The van der Waals surface area contributed by atoms with E-state index in [-0.39, 0.29) is 10.6 Å². The Hall–Kier alpha value is -1.07. The van der Waals surface area contributed by atoms with Gasteiger partial charge in [-0.05, 0) is 37.1 Å². The minimum atomic E-state index is -4.18. The van der Waals surface area contributed by atoms with Gasteiger partial charge in [0.2, 0.25) is 0 Å². The third-order valence-electron chi connectivity index (χ3n) is 1.77. The fourth-order valence-corrected chi connectivity index (χ4v) is 1.84. The summed E-state index contributed by atoms with van der Waals surface area (Å²) in [5.74, 6) is 0.0184. The number of rotatable bonds is 1. The lowest BCUT2D eigenvalue weighted by Gasteiger charge is -2.05. The number of hydrogen-bond acceptors (Lipinski definition) is 3. The Morgan fingerprint density at radius 2 is 1.69 bits per heavy atom. The summed E-state index contributed by atoms with van der Waals surface area (Å²) in [6.07, 6.45) is 0. The van der Waals surface area contributed by atoms with E-state index in [1.165, 1.54) is 19.1 Å². The Balaban J connectivity index is 3.50. The molecule has 1 aromatic carbocycles. The SMILES string of the molecule is Cc1cc(S(=O)(=O)O)c(C)cc1O. The van der Waals surface area contributed by atoms with Crippen LogP contribution in [0.1, 0.15) is 11.1 Å². The molecule has 2 N–H and O–H groups in total. The Kier molecular flexibility index (Phi) is 2.32. The summed E-state index contributed by atoms with van der Waals surface area (Å²) in [5, 5.41) is 9.21. The van der Waals surface area contributed by atoms with E-state index in [1.807, 2.05) is 0 Å². The van der Waals surface area contributed by atoms with Gasteiger partial charge in [-0.15, -0.1) is 0 Å². The molecule has 0 fully saturated rings. The van der Waals surface area contributed by atoms with Crippen LogP contribution in [-0.2, 0) is 10.1 Å². The summed E-state index contributed by atoms with van der Waals surface area (Å²) < 4.78 is 30.4. The zero-order valence-corrected chi connectivity index (χ0v) is 8.09. The summed E-state index contributed by atoms with van der Waals surface area (Å²) in [4.78, 5) is -0.164. The average molecular weight is 202 g/mol. The van der Waals surface area contributed by atoms with Crippen LogP contribution in [0.15, 0.2) is 17.0 Å². The topological polar surface area (TPSA) is 74.6 Å². The molecule has 0 unspecified atom stereocenters. The Morgan fingerprint density at radius 1 is 1.15 bits per heavy atom. The molecule has 0 aliphatic rings. The second-order valence-corrected chi connectivity index (χ2v) is 4.27. The maximum atomic E-state index is 10.8. The van der Waals surface area contributed by atoms with Crippen molar-refractivity contribution in [2.45, 2.75) is 18.7 Å². The fraction of sp³-hybridized carbons (Fsp3) is 0.250. The van der Waals surface area contributed by atoms with Crippen molar-refractivity contribution in [1.82, 2.24) is 0 Å². The highest BCUT2D eigenvalue weighted by atomic mass is 32.2. The molecule has 0 radical (unpaired) electrons. The number of phenolic OH excluding ortho intramolecular Hbond substituents is 1. The van der Waals surface area contributed by atoms with Crippen molar-refractivity contribution < 1.29 is 18.1 Å². The predicted octanol–water partition coefficient (Wildman–Crippen LogP) is 1.26. The normalized spacial score (nSPS) is 11.6. The molecule has 0 bridgehead atoms. The largest absolute Gasteiger partial charge is 0.508 e. The quantitative estimate of drug-likeness (QED) is 0.672. The highest BCUT2D eigenvalue weighted by Gasteiger charge is 2.14. The average Bonchev–Trinajstić information content (AvgIpc) is 1.94. The maximum Gasteiger partial charge on any atom is 0.294 e. The molecule has 72 valence electrons. The molecule has 0 aliphatic heterocycles. The van der Waals surface area contributed by atoms with Crippen molar-refractivity contribution >= 4 is 10.1 Å². The lowest BCUT2D eigenvalue weighted by Crippen LogP contribution is -2.01. The number of benzene rings is 1. The Labute approximate surface area is 76.6 Å². The van der Waals surface area contributed by atoms with Crippen molar-refractivity contribution in [3.05, 3.63) is 23.3 Å². The fourth-order valence-electron chi connectivity index (χ4n) is 1.05. The molecule has 1 aromatic rings. The van der Waals surface area contributed by atoms with Gasteiger partial charge in [0.1, 0.15) is 5.75 Å². The molecular formula is C8H10O4S. The lowest BCUT2D eigenvalue weighted by molar-refractivity contribution is 0.467. The third-order valence-corrected chi connectivity index (χ3v) is 2.77. The van der Waals surface area contributed by atoms with E-state index in [1.54, 1.807) is 6.92 Å². The predicted molar refractivity (Wildman–Crippen MR) is 47.4 cm³/mol. The third kappa shape index (κ3) is 1.99. The summed E-state index contributed by atoms with van der Waals surface area (Å²) in [6.45, 7) is 3.06. The molecule has 0 aromatic heterocycles. The van der Waals surface area contributed by atoms with E-state index >= 15 is 0 Å². The first-order valence-corrected chi connectivity index (χ1v) is 5.04. The molecule has 0 amide bonds. The lowest BCUT2D eigenvalue weighted by atomic mass is 10.1. The highest BCUT2D eigenvalue weighted by molar-refractivity contribution is 7.85. The van der Waals surface area contributed by atoms with Crippen LogP contribution < -0.4 is 0 Å². The van der Waals surface area contributed by atoms with E-state index in [0.717, 1.165) is 0 Å². The molecule has 0 atom stereocenters. The number of aromatic hydroxyl groups is 1. The van der Waals surface area contributed by atoms with E-state index in [4.69, 9.17) is 4.55 Å². The van der Waals surface area contributed by atoms with Crippen LogP contribution in [0.3, 0.4) is 0 Å². The zero-order valence-electron chi connectivity index (χ0n) is 7.27. The first-order valence-electron chi connectivity index (χ1n) is 3.60. The molecule has 0 heterocycles. The highest BCUT2D eigenvalue weighted by Crippen LogP contribution is 2.24. The van der Waals surface area contributed by atoms with Crippen molar-refractivity contribution in [2.24, 2.45) is 0 Å². The minimum absolute atomic E-state index is 0.0184. The van der Waals surface area contributed by atoms with E-state index in [2.05, 4.69) is 0 Å². The van der Waals surface area contributed by atoms with Gasteiger partial charge < -0.3 is 5.11 Å². The van der Waals surface area contributed by atoms with E-state index in [0.29, 0.717) is 11.1 Å². The first kappa shape index (κ1) is 10.0. The number of hydrogen-bond donors (Lipinski definition) is 2. The number of aryl methyl sites for hydroxylation is 2. The van der Waals surface area contributed by atoms with E-state index in [9.17, 15) is 13.5 Å². The van der Waals surface area contributed by atoms with Gasteiger partial charge in [-0.3, -0.25) is 4.55 Å². The van der Waals surface area contributed by atoms with Crippen molar-refractivity contribution in [3.8, 4) is 5.75 Å². The van der Waals surface area contributed by atoms with Gasteiger partial charge >= 0.3 is 0 Å². The summed E-state index contributed by atoms with van der Waals surface area (Å²) in [6, 6.07) is 2.54. The second kappa shape index (κ2) is 3.01. The van der Waals surface area contributed by atoms with Crippen molar-refractivity contribution in [2.75, 3.05) is 0 Å². The van der Waals surface area contributed by atoms with Gasteiger partial charge in [0.25, 0.3) is 10.1 Å². The molecule has 5 heteroatoms. The van der Waals surface area contributed by atoms with Gasteiger partial charge in [-0.2, -0.15) is 8.42 Å². The summed E-state index contributed by atoms with van der Waals surface area (Å²) in [7, 11) is -4.18. The molecule has 13 heavy (non-hydrogen) atoms. The van der Waals surface area contributed by atoms with Gasteiger partial charge in [-0.1, -0.05) is 0 Å². The Bertz CT molecular complexity index is 434. The minimum Gasteiger partial charge on any atom is -0.508 e. The molecule has 0 aliphatic carbocycles. The van der Waals surface area contributed by atoms with Crippen molar-refractivity contribution in [1.29, 1.82) is 0 Å².